The van der Waals surface area contributed by atoms with Gasteiger partial charge in [0.05, 0.1) is 16.1 Å². The summed E-state index contributed by atoms with van der Waals surface area (Å²) in [6.07, 6.45) is 1.23. The molecule has 0 N–H and O–H groups in total. The molecule has 0 aliphatic heterocycles. The van der Waals surface area contributed by atoms with E-state index >= 15 is 0 Å². The van der Waals surface area contributed by atoms with Gasteiger partial charge >= 0.3 is 0 Å². The molecule has 24 heavy (non-hydrogen) atoms. The van der Waals surface area contributed by atoms with Crippen LogP contribution in [0.4, 0.5) is 5.69 Å². The van der Waals surface area contributed by atoms with Crippen molar-refractivity contribution in [2.75, 3.05) is 0 Å². The van der Waals surface area contributed by atoms with Crippen molar-refractivity contribution >= 4 is 17.3 Å². The Morgan fingerprint density at radius 3 is 2.04 bits per heavy atom. The van der Waals surface area contributed by atoms with Gasteiger partial charge in [0.25, 0.3) is 5.69 Å². The van der Waals surface area contributed by atoms with E-state index < -0.39 is 10.7 Å². The maximum Gasteiger partial charge on any atom is 0.277 e. The average Bonchev–Trinajstić information content (AvgIpc) is 3.05. The monoisotopic (exact) mass is 319 g/mol. The van der Waals surface area contributed by atoms with E-state index in [9.17, 15) is 19.7 Å². The first-order valence-corrected chi connectivity index (χ1v) is 7.13. The minimum Gasteiger partial charge on any atom is -0.459 e. The molecule has 1 aliphatic carbocycles. The molecule has 2 aromatic carbocycles. The lowest BCUT2D eigenvalue weighted by molar-refractivity contribution is -0.384. The van der Waals surface area contributed by atoms with Crippen LogP contribution >= 0.6 is 0 Å². The summed E-state index contributed by atoms with van der Waals surface area (Å²) >= 11 is 0. The third kappa shape index (κ3) is 1.83. The molecule has 0 unspecified atom stereocenters. The quantitative estimate of drug-likeness (QED) is 0.415. The highest BCUT2D eigenvalue weighted by atomic mass is 16.6. The van der Waals surface area contributed by atoms with E-state index in [0.717, 1.165) is 0 Å². The van der Waals surface area contributed by atoms with Gasteiger partial charge in [0.15, 0.2) is 11.5 Å². The first kappa shape index (κ1) is 14.1. The van der Waals surface area contributed by atoms with Crippen molar-refractivity contribution in [3.05, 3.63) is 87.4 Å². The average molecular weight is 319 g/mol. The van der Waals surface area contributed by atoms with Gasteiger partial charge in [-0.15, -0.1) is 0 Å². The van der Waals surface area contributed by atoms with Crippen molar-refractivity contribution in [1.29, 1.82) is 0 Å². The number of furan rings is 1. The van der Waals surface area contributed by atoms with E-state index in [1.807, 2.05) is 0 Å². The van der Waals surface area contributed by atoms with Crippen LogP contribution in [0.25, 0.3) is 11.1 Å². The zero-order valence-corrected chi connectivity index (χ0v) is 12.2. The number of rotatable bonds is 2. The molecule has 0 fully saturated rings. The van der Waals surface area contributed by atoms with Crippen LogP contribution in [0.3, 0.4) is 0 Å². The summed E-state index contributed by atoms with van der Waals surface area (Å²) in [7, 11) is 0. The maximum absolute atomic E-state index is 12.8. The van der Waals surface area contributed by atoms with E-state index in [1.54, 1.807) is 30.3 Å². The fourth-order valence-corrected chi connectivity index (χ4v) is 2.95. The summed E-state index contributed by atoms with van der Waals surface area (Å²) in [4.78, 5) is 36.1. The molecule has 1 aromatic heterocycles. The summed E-state index contributed by atoms with van der Waals surface area (Å²) in [5.41, 5.74) is 0.973. The molecule has 0 atom stereocenters. The van der Waals surface area contributed by atoms with E-state index in [1.165, 1.54) is 24.5 Å². The standard InChI is InChI=1S/C18H9NO5/c20-16-11-6-1-2-7-12(11)17(21)18-15(16)13(9-24-18)10-5-3-4-8-14(10)19(22)23/h1-9H. The molecule has 0 saturated carbocycles. The number of ketones is 2. The number of para-hydroxylation sites is 1. The van der Waals surface area contributed by atoms with Crippen molar-refractivity contribution in [2.24, 2.45) is 0 Å². The van der Waals surface area contributed by atoms with Gasteiger partial charge in [-0.05, 0) is 6.07 Å². The summed E-state index contributed by atoms with van der Waals surface area (Å²) in [5, 5.41) is 11.3. The number of nitro groups is 1. The van der Waals surface area contributed by atoms with Crippen LogP contribution in [-0.4, -0.2) is 16.5 Å². The minimum absolute atomic E-state index is 0.0769. The third-order valence-electron chi connectivity index (χ3n) is 4.03. The Bertz CT molecular complexity index is 1030. The molecule has 0 spiro atoms. The number of hydrogen-bond acceptors (Lipinski definition) is 5. The lowest BCUT2D eigenvalue weighted by Crippen LogP contribution is -2.19. The molecule has 3 aromatic rings. The van der Waals surface area contributed by atoms with Gasteiger partial charge in [-0.2, -0.15) is 0 Å². The van der Waals surface area contributed by atoms with E-state index in [0.29, 0.717) is 0 Å². The van der Waals surface area contributed by atoms with Crippen LogP contribution in [0.1, 0.15) is 32.0 Å². The number of fused-ring (bicyclic) bond motifs is 2. The van der Waals surface area contributed by atoms with E-state index in [4.69, 9.17) is 4.42 Å². The Morgan fingerprint density at radius 1 is 0.792 bits per heavy atom. The second-order valence-corrected chi connectivity index (χ2v) is 5.33. The van der Waals surface area contributed by atoms with Crippen molar-refractivity contribution in [3.8, 4) is 11.1 Å². The van der Waals surface area contributed by atoms with Gasteiger partial charge in [-0.1, -0.05) is 36.4 Å². The molecule has 0 amide bonds. The number of nitrogens with zero attached hydrogens (tertiary/aromatic N) is 1. The zero-order valence-electron chi connectivity index (χ0n) is 12.2. The Hall–Kier alpha value is -3.54. The normalized spacial score (nSPS) is 12.7. The lowest BCUT2D eigenvalue weighted by atomic mass is 9.85. The summed E-state index contributed by atoms with van der Waals surface area (Å²) in [6.45, 7) is 0. The van der Waals surface area contributed by atoms with Gasteiger partial charge < -0.3 is 4.42 Å². The first-order chi connectivity index (χ1) is 11.6. The van der Waals surface area contributed by atoms with E-state index in [2.05, 4.69) is 0 Å². The number of carbonyl (C=O) groups is 2. The smallest absolute Gasteiger partial charge is 0.277 e. The van der Waals surface area contributed by atoms with Gasteiger partial charge in [0.1, 0.15) is 6.26 Å². The van der Waals surface area contributed by atoms with Crippen LogP contribution < -0.4 is 0 Å². The molecule has 6 nitrogen and oxygen atoms in total. The Labute approximate surface area is 135 Å². The predicted molar refractivity (Wildman–Crippen MR) is 84.1 cm³/mol. The van der Waals surface area contributed by atoms with Crippen molar-refractivity contribution in [1.82, 2.24) is 0 Å². The Kier molecular flexibility index (Phi) is 2.93. The molecule has 0 radical (unpaired) electrons. The number of nitro benzene ring substituents is 1. The molecule has 0 bridgehead atoms. The largest absolute Gasteiger partial charge is 0.459 e. The van der Waals surface area contributed by atoms with Gasteiger partial charge in [-0.25, -0.2) is 0 Å². The molecule has 0 saturated heterocycles. The van der Waals surface area contributed by atoms with Crippen LogP contribution in [0.5, 0.6) is 0 Å². The molecule has 1 heterocycles. The van der Waals surface area contributed by atoms with Crippen molar-refractivity contribution < 1.29 is 18.9 Å². The minimum atomic E-state index is -0.530. The van der Waals surface area contributed by atoms with Crippen LogP contribution in [0.15, 0.2) is 59.2 Å². The molecule has 1 aliphatic rings. The summed E-state index contributed by atoms with van der Waals surface area (Å²) < 4.78 is 5.32. The Balaban J connectivity index is 1.98. The van der Waals surface area contributed by atoms with Crippen LogP contribution in [-0.2, 0) is 0 Å². The summed E-state index contributed by atoms with van der Waals surface area (Å²) in [6, 6.07) is 12.5. The van der Waals surface area contributed by atoms with E-state index in [-0.39, 0.29) is 45.0 Å². The van der Waals surface area contributed by atoms with Crippen molar-refractivity contribution in [3.63, 3.8) is 0 Å². The predicted octanol–water partition coefficient (Wildman–Crippen LogP) is 3.63. The molecule has 6 heteroatoms. The third-order valence-corrected chi connectivity index (χ3v) is 4.03. The number of hydrogen-bond donors (Lipinski definition) is 0. The highest BCUT2D eigenvalue weighted by molar-refractivity contribution is 6.29. The van der Waals surface area contributed by atoms with Crippen LogP contribution in [0, 0.1) is 10.1 Å². The van der Waals surface area contributed by atoms with Gasteiger partial charge in [0, 0.05) is 22.8 Å². The fourth-order valence-electron chi connectivity index (χ4n) is 2.95. The topological polar surface area (TPSA) is 90.4 Å². The highest BCUT2D eigenvalue weighted by Gasteiger charge is 2.36. The fraction of sp³-hybridized carbons (Fsp3) is 0. The lowest BCUT2D eigenvalue weighted by Gasteiger charge is -2.13. The Morgan fingerprint density at radius 2 is 1.38 bits per heavy atom. The summed E-state index contributed by atoms with van der Waals surface area (Å²) in [5.74, 6) is -0.848. The maximum atomic E-state index is 12.8. The zero-order chi connectivity index (χ0) is 16.8. The van der Waals surface area contributed by atoms with Crippen molar-refractivity contribution in [2.45, 2.75) is 0 Å². The second-order valence-electron chi connectivity index (χ2n) is 5.33. The highest BCUT2D eigenvalue weighted by Crippen LogP contribution is 2.39. The first-order valence-electron chi connectivity index (χ1n) is 7.13. The van der Waals surface area contributed by atoms with Gasteiger partial charge in [0.2, 0.25) is 5.78 Å². The van der Waals surface area contributed by atoms with Crippen LogP contribution in [0.2, 0.25) is 0 Å². The molecule has 4 rings (SSSR count). The van der Waals surface area contributed by atoms with Gasteiger partial charge in [-0.3, -0.25) is 19.7 Å². The number of benzene rings is 2. The molecule has 116 valence electrons. The molecular formula is C18H9NO5. The second kappa shape index (κ2) is 4.99. The SMILES string of the molecule is O=C1c2ccccc2C(=O)c2c(-c3ccccc3[N+](=O)[O-])coc21. The number of carbonyl (C=O) groups excluding carboxylic acids is 2. The molecular weight excluding hydrogens is 310 g/mol.